The summed E-state index contributed by atoms with van der Waals surface area (Å²) in [5.74, 6) is 2.23. The van der Waals surface area contributed by atoms with Crippen LogP contribution in [-0.4, -0.2) is 9.55 Å². The van der Waals surface area contributed by atoms with E-state index in [4.69, 9.17) is 22.3 Å². The van der Waals surface area contributed by atoms with Gasteiger partial charge in [0.15, 0.2) is 0 Å². The van der Waals surface area contributed by atoms with Crippen molar-refractivity contribution < 1.29 is 0 Å². The number of benzene rings is 1. The molecule has 2 N–H and O–H groups in total. The van der Waals surface area contributed by atoms with Crippen molar-refractivity contribution in [2.24, 2.45) is 0 Å². The molecule has 2 aromatic rings. The zero-order valence-corrected chi connectivity index (χ0v) is 13.3. The molecule has 3 nitrogen and oxygen atoms in total. The summed E-state index contributed by atoms with van der Waals surface area (Å²) in [7, 11) is 0. The van der Waals surface area contributed by atoms with Gasteiger partial charge in [-0.25, -0.2) is 4.98 Å². The SMILES string of the molecule is C=CCn1c(C2CC2)nc(-c2cc(Br)ccc2Cl)c1N. The third-order valence-electron chi connectivity index (χ3n) is 3.47. The van der Waals surface area contributed by atoms with E-state index in [1.54, 1.807) is 0 Å². The van der Waals surface area contributed by atoms with E-state index in [0.717, 1.165) is 21.6 Å². The maximum Gasteiger partial charge on any atom is 0.132 e. The first-order chi connectivity index (χ1) is 9.61. The van der Waals surface area contributed by atoms with Crippen molar-refractivity contribution in [2.45, 2.75) is 25.3 Å². The zero-order valence-electron chi connectivity index (χ0n) is 10.9. The lowest BCUT2D eigenvalue weighted by Gasteiger charge is -2.06. The van der Waals surface area contributed by atoms with Crippen molar-refractivity contribution >= 4 is 33.3 Å². The van der Waals surface area contributed by atoms with Crippen LogP contribution in [0, 0.1) is 0 Å². The quantitative estimate of drug-likeness (QED) is 0.816. The molecule has 1 fully saturated rings. The number of halogens is 2. The summed E-state index contributed by atoms with van der Waals surface area (Å²) in [5.41, 5.74) is 7.91. The van der Waals surface area contributed by atoms with E-state index in [0.29, 0.717) is 23.3 Å². The molecule has 1 saturated carbocycles. The largest absolute Gasteiger partial charge is 0.383 e. The van der Waals surface area contributed by atoms with Crippen LogP contribution in [-0.2, 0) is 6.54 Å². The molecule has 5 heteroatoms. The Hall–Kier alpha value is -1.26. The van der Waals surface area contributed by atoms with Crippen molar-refractivity contribution in [3.8, 4) is 11.3 Å². The Morgan fingerprint density at radius 3 is 2.90 bits per heavy atom. The molecule has 1 heterocycles. The van der Waals surface area contributed by atoms with Crippen LogP contribution in [0.25, 0.3) is 11.3 Å². The van der Waals surface area contributed by atoms with Crippen LogP contribution in [0.2, 0.25) is 5.02 Å². The van der Waals surface area contributed by atoms with Gasteiger partial charge in [0.05, 0.1) is 5.02 Å². The molecule has 0 unspecified atom stereocenters. The van der Waals surface area contributed by atoms with Crippen molar-refractivity contribution in [2.75, 3.05) is 5.73 Å². The van der Waals surface area contributed by atoms with Gasteiger partial charge in [0.2, 0.25) is 0 Å². The Kier molecular flexibility index (Phi) is 3.61. The number of hydrogen-bond donors (Lipinski definition) is 1. The molecule has 0 spiro atoms. The van der Waals surface area contributed by atoms with Crippen molar-refractivity contribution in [3.63, 3.8) is 0 Å². The minimum absolute atomic E-state index is 0.525. The van der Waals surface area contributed by atoms with E-state index < -0.39 is 0 Å². The molecule has 0 bridgehead atoms. The van der Waals surface area contributed by atoms with Gasteiger partial charge in [-0.1, -0.05) is 33.6 Å². The third kappa shape index (κ3) is 2.38. The number of nitrogens with zero attached hydrogens (tertiary/aromatic N) is 2. The van der Waals surface area contributed by atoms with Gasteiger partial charge in [-0.3, -0.25) is 0 Å². The summed E-state index contributed by atoms with van der Waals surface area (Å²) in [5, 5.41) is 0.658. The van der Waals surface area contributed by atoms with E-state index in [1.165, 1.54) is 12.8 Å². The highest BCUT2D eigenvalue weighted by Crippen LogP contribution is 2.43. The zero-order chi connectivity index (χ0) is 14.3. The van der Waals surface area contributed by atoms with Crippen LogP contribution < -0.4 is 5.73 Å². The summed E-state index contributed by atoms with van der Waals surface area (Å²) in [6.45, 7) is 4.47. The van der Waals surface area contributed by atoms with Crippen molar-refractivity contribution in [1.29, 1.82) is 0 Å². The van der Waals surface area contributed by atoms with Crippen LogP contribution >= 0.6 is 27.5 Å². The predicted octanol–water partition coefficient (Wildman–Crippen LogP) is 4.61. The van der Waals surface area contributed by atoms with Gasteiger partial charge in [-0.05, 0) is 31.0 Å². The number of nitrogen functional groups attached to an aromatic ring is 1. The molecule has 0 atom stereocenters. The standard InChI is InChI=1S/C15H15BrClN3/c1-2-7-20-14(18)13(19-15(20)9-3-4-9)11-8-10(16)5-6-12(11)17/h2,5-6,8-9H,1,3-4,7,18H2. The molecule has 20 heavy (non-hydrogen) atoms. The topological polar surface area (TPSA) is 43.8 Å². The molecule has 1 aromatic heterocycles. The van der Waals surface area contributed by atoms with Crippen molar-refractivity contribution in [1.82, 2.24) is 9.55 Å². The van der Waals surface area contributed by atoms with Crippen LogP contribution in [0.4, 0.5) is 5.82 Å². The number of imidazole rings is 1. The molecule has 1 aliphatic rings. The lowest BCUT2D eigenvalue weighted by molar-refractivity contribution is 0.750. The van der Waals surface area contributed by atoms with Gasteiger partial charge < -0.3 is 10.3 Å². The van der Waals surface area contributed by atoms with Crippen LogP contribution in [0.5, 0.6) is 0 Å². The summed E-state index contributed by atoms with van der Waals surface area (Å²) in [6, 6.07) is 5.71. The predicted molar refractivity (Wildman–Crippen MR) is 87.0 cm³/mol. The van der Waals surface area contributed by atoms with Gasteiger partial charge in [0, 0.05) is 22.5 Å². The van der Waals surface area contributed by atoms with E-state index in [1.807, 2.05) is 28.8 Å². The minimum atomic E-state index is 0.525. The number of hydrogen-bond acceptors (Lipinski definition) is 2. The van der Waals surface area contributed by atoms with Gasteiger partial charge in [-0.2, -0.15) is 0 Å². The molecular weight excluding hydrogens is 338 g/mol. The second kappa shape index (κ2) is 5.26. The monoisotopic (exact) mass is 351 g/mol. The lowest BCUT2D eigenvalue weighted by atomic mass is 10.1. The Morgan fingerprint density at radius 2 is 2.25 bits per heavy atom. The van der Waals surface area contributed by atoms with E-state index in [-0.39, 0.29) is 0 Å². The maximum atomic E-state index is 6.29. The third-order valence-corrected chi connectivity index (χ3v) is 4.30. The average molecular weight is 353 g/mol. The van der Waals surface area contributed by atoms with Crippen LogP contribution in [0.15, 0.2) is 35.3 Å². The molecule has 0 amide bonds. The highest BCUT2D eigenvalue weighted by atomic mass is 79.9. The molecule has 0 saturated heterocycles. The summed E-state index contributed by atoms with van der Waals surface area (Å²) in [4.78, 5) is 4.75. The Labute approximate surface area is 131 Å². The first kappa shape index (κ1) is 13.7. The molecule has 0 radical (unpaired) electrons. The van der Waals surface area contributed by atoms with E-state index >= 15 is 0 Å². The maximum absolute atomic E-state index is 6.29. The Balaban J connectivity index is 2.16. The smallest absolute Gasteiger partial charge is 0.132 e. The molecule has 1 aromatic carbocycles. The van der Waals surface area contributed by atoms with Gasteiger partial charge >= 0.3 is 0 Å². The summed E-state index contributed by atoms with van der Waals surface area (Å²) < 4.78 is 3.00. The van der Waals surface area contributed by atoms with E-state index in [2.05, 4.69) is 22.5 Å². The van der Waals surface area contributed by atoms with Gasteiger partial charge in [0.1, 0.15) is 17.3 Å². The van der Waals surface area contributed by atoms with E-state index in [9.17, 15) is 0 Å². The number of aromatic nitrogens is 2. The second-order valence-corrected chi connectivity index (χ2v) is 6.32. The Bertz CT molecular complexity index is 674. The second-order valence-electron chi connectivity index (χ2n) is 5.00. The summed E-state index contributed by atoms with van der Waals surface area (Å²) in [6.07, 6.45) is 4.20. The first-order valence-electron chi connectivity index (χ1n) is 6.54. The van der Waals surface area contributed by atoms with Crippen LogP contribution in [0.1, 0.15) is 24.6 Å². The minimum Gasteiger partial charge on any atom is -0.383 e. The normalized spacial score (nSPS) is 14.5. The molecule has 104 valence electrons. The summed E-state index contributed by atoms with van der Waals surface area (Å²) >= 11 is 9.76. The highest BCUT2D eigenvalue weighted by Gasteiger charge is 2.31. The average Bonchev–Trinajstić information content (AvgIpc) is 3.21. The lowest BCUT2D eigenvalue weighted by Crippen LogP contribution is -2.05. The van der Waals surface area contributed by atoms with Gasteiger partial charge in [-0.15, -0.1) is 6.58 Å². The van der Waals surface area contributed by atoms with Gasteiger partial charge in [0.25, 0.3) is 0 Å². The number of nitrogens with two attached hydrogens (primary N) is 1. The Morgan fingerprint density at radius 1 is 1.50 bits per heavy atom. The first-order valence-corrected chi connectivity index (χ1v) is 7.71. The van der Waals surface area contributed by atoms with Crippen LogP contribution in [0.3, 0.4) is 0 Å². The molecular formula is C15H15BrClN3. The number of allylic oxidation sites excluding steroid dienone is 1. The molecule has 0 aliphatic heterocycles. The number of anilines is 1. The van der Waals surface area contributed by atoms with Crippen molar-refractivity contribution in [3.05, 3.63) is 46.2 Å². The molecule has 3 rings (SSSR count). The fourth-order valence-electron chi connectivity index (χ4n) is 2.33. The highest BCUT2D eigenvalue weighted by molar-refractivity contribution is 9.10. The fraction of sp³-hybridized carbons (Fsp3) is 0.267. The fourth-order valence-corrected chi connectivity index (χ4v) is 2.90. The number of rotatable bonds is 4. The molecule has 1 aliphatic carbocycles.